The Kier molecular flexibility index (Phi) is 3.03. The highest BCUT2D eigenvalue weighted by Crippen LogP contribution is 2.47. The summed E-state index contributed by atoms with van der Waals surface area (Å²) in [7, 11) is 0. The number of aromatic nitrogens is 1. The monoisotopic (exact) mass is 279 g/mol. The average Bonchev–Trinajstić information content (AvgIpc) is 3.03. The van der Waals surface area contributed by atoms with Gasteiger partial charge < -0.3 is 11.1 Å². The van der Waals surface area contributed by atoms with E-state index < -0.39 is 0 Å². The molecular formula is C13H17N3S2. The summed E-state index contributed by atoms with van der Waals surface area (Å²) in [5.41, 5.74) is 8.57. The van der Waals surface area contributed by atoms with E-state index in [0.717, 1.165) is 12.4 Å². The van der Waals surface area contributed by atoms with E-state index in [2.05, 4.69) is 29.6 Å². The summed E-state index contributed by atoms with van der Waals surface area (Å²) in [5, 5.41) is 4.66. The smallest absolute Gasteiger partial charge is 0.142 e. The van der Waals surface area contributed by atoms with Crippen LogP contribution in [0, 0.1) is 13.8 Å². The molecule has 1 aliphatic rings. The quantitative estimate of drug-likeness (QED) is 0.892. The summed E-state index contributed by atoms with van der Waals surface area (Å²) >= 11 is 3.35. The van der Waals surface area contributed by atoms with Crippen LogP contribution >= 0.6 is 22.9 Å². The molecule has 3 rings (SSSR count). The minimum absolute atomic E-state index is 0.651. The van der Waals surface area contributed by atoms with Gasteiger partial charge in [0.25, 0.3) is 0 Å². The van der Waals surface area contributed by atoms with Gasteiger partial charge in [-0.1, -0.05) is 0 Å². The fourth-order valence-electron chi connectivity index (χ4n) is 2.11. The number of nitrogens with zero attached hydrogens (tertiary/aromatic N) is 1. The zero-order valence-electron chi connectivity index (χ0n) is 10.6. The number of nitrogen functional groups attached to an aromatic ring is 1. The molecule has 0 atom stereocenters. The summed E-state index contributed by atoms with van der Waals surface area (Å²) in [6, 6.07) is 2.26. The van der Waals surface area contributed by atoms with Crippen LogP contribution in [0.15, 0.2) is 6.07 Å². The normalized spacial score (nSPS) is 15.0. The minimum Gasteiger partial charge on any atom is -0.383 e. The number of aryl methyl sites for hydroxylation is 2. The summed E-state index contributed by atoms with van der Waals surface area (Å²) < 4.78 is 4.27. The summed E-state index contributed by atoms with van der Waals surface area (Å²) in [6.45, 7) is 5.21. The summed E-state index contributed by atoms with van der Waals surface area (Å²) in [4.78, 5) is 2.77. The topological polar surface area (TPSA) is 50.9 Å². The fourth-order valence-corrected chi connectivity index (χ4v) is 3.90. The first-order chi connectivity index (χ1) is 8.65. The van der Waals surface area contributed by atoms with Crippen molar-refractivity contribution >= 4 is 33.7 Å². The van der Waals surface area contributed by atoms with Crippen LogP contribution in [-0.2, 0) is 6.54 Å². The number of nitrogens with two attached hydrogens (primary N) is 1. The number of hydrogen-bond acceptors (Lipinski definition) is 5. The standard InChI is InChI=1S/C13H17N3S2/c1-7-5-10(17-8(7)2)6-15-13-11(9-3-4-9)12(14)16-18-13/h5,9,15H,3-4,6H2,1-2H3,(H2,14,16). The Labute approximate surface area is 115 Å². The second-order valence-corrected chi connectivity index (χ2v) is 7.00. The Hall–Kier alpha value is -1.07. The third-order valence-corrected chi connectivity index (χ3v) is 5.37. The van der Waals surface area contributed by atoms with Gasteiger partial charge in [0.05, 0.1) is 6.54 Å². The van der Waals surface area contributed by atoms with Crippen molar-refractivity contribution in [2.45, 2.75) is 39.2 Å². The zero-order valence-corrected chi connectivity index (χ0v) is 12.3. The van der Waals surface area contributed by atoms with E-state index in [1.807, 2.05) is 11.3 Å². The molecule has 0 bridgehead atoms. The molecule has 0 spiro atoms. The molecule has 96 valence electrons. The highest BCUT2D eigenvalue weighted by molar-refractivity contribution is 7.12. The van der Waals surface area contributed by atoms with Crippen molar-refractivity contribution in [2.24, 2.45) is 0 Å². The first kappa shape index (κ1) is 12.0. The molecular weight excluding hydrogens is 262 g/mol. The molecule has 0 unspecified atom stereocenters. The van der Waals surface area contributed by atoms with Crippen LogP contribution in [-0.4, -0.2) is 4.37 Å². The number of nitrogens with one attached hydrogen (secondary N) is 1. The second kappa shape index (κ2) is 4.55. The van der Waals surface area contributed by atoms with Gasteiger partial charge in [0.1, 0.15) is 10.8 Å². The maximum absolute atomic E-state index is 5.94. The van der Waals surface area contributed by atoms with Crippen molar-refractivity contribution in [1.29, 1.82) is 0 Å². The first-order valence-corrected chi connectivity index (χ1v) is 7.79. The molecule has 2 aromatic heterocycles. The number of hydrogen-bond donors (Lipinski definition) is 2. The predicted molar refractivity (Wildman–Crippen MR) is 79.6 cm³/mol. The molecule has 2 heterocycles. The lowest BCUT2D eigenvalue weighted by atomic mass is 10.2. The third-order valence-electron chi connectivity index (χ3n) is 3.38. The Bertz CT molecular complexity index is 547. The molecule has 0 radical (unpaired) electrons. The van der Waals surface area contributed by atoms with Crippen LogP contribution in [0.3, 0.4) is 0 Å². The van der Waals surface area contributed by atoms with Crippen molar-refractivity contribution in [3.05, 3.63) is 26.9 Å². The SMILES string of the molecule is Cc1cc(CNc2snc(N)c2C2CC2)sc1C. The largest absolute Gasteiger partial charge is 0.383 e. The summed E-state index contributed by atoms with van der Waals surface area (Å²) in [6.07, 6.45) is 2.52. The van der Waals surface area contributed by atoms with E-state index in [-0.39, 0.29) is 0 Å². The van der Waals surface area contributed by atoms with Gasteiger partial charge in [-0.2, -0.15) is 4.37 Å². The van der Waals surface area contributed by atoms with E-state index >= 15 is 0 Å². The van der Waals surface area contributed by atoms with Gasteiger partial charge in [-0.15, -0.1) is 11.3 Å². The molecule has 5 heteroatoms. The van der Waals surface area contributed by atoms with Crippen LogP contribution in [0.1, 0.15) is 39.6 Å². The molecule has 0 aliphatic heterocycles. The van der Waals surface area contributed by atoms with Crippen LogP contribution < -0.4 is 11.1 Å². The zero-order chi connectivity index (χ0) is 12.7. The lowest BCUT2D eigenvalue weighted by molar-refractivity contribution is 1.11. The van der Waals surface area contributed by atoms with E-state index in [9.17, 15) is 0 Å². The van der Waals surface area contributed by atoms with Crippen molar-refractivity contribution in [2.75, 3.05) is 11.1 Å². The average molecular weight is 279 g/mol. The Balaban J connectivity index is 1.73. The number of thiophene rings is 1. The minimum atomic E-state index is 0.651. The van der Waals surface area contributed by atoms with E-state index in [4.69, 9.17) is 5.73 Å². The first-order valence-electron chi connectivity index (χ1n) is 6.20. The lowest BCUT2D eigenvalue weighted by Gasteiger charge is -2.04. The molecule has 0 aromatic carbocycles. The fraction of sp³-hybridized carbons (Fsp3) is 0.462. The number of anilines is 2. The van der Waals surface area contributed by atoms with E-state index in [1.165, 1.54) is 50.3 Å². The van der Waals surface area contributed by atoms with E-state index in [0.29, 0.717) is 5.92 Å². The molecule has 1 fully saturated rings. The molecule has 0 saturated heterocycles. The van der Waals surface area contributed by atoms with Crippen LogP contribution in [0.25, 0.3) is 0 Å². The van der Waals surface area contributed by atoms with Gasteiger partial charge >= 0.3 is 0 Å². The number of rotatable bonds is 4. The van der Waals surface area contributed by atoms with Crippen molar-refractivity contribution in [1.82, 2.24) is 4.37 Å². The van der Waals surface area contributed by atoms with Crippen LogP contribution in [0.4, 0.5) is 10.8 Å². The highest BCUT2D eigenvalue weighted by atomic mass is 32.1. The molecule has 2 aromatic rings. The van der Waals surface area contributed by atoms with Crippen LogP contribution in [0.5, 0.6) is 0 Å². The maximum atomic E-state index is 5.94. The molecule has 1 aliphatic carbocycles. The lowest BCUT2D eigenvalue weighted by Crippen LogP contribution is -1.99. The van der Waals surface area contributed by atoms with Crippen molar-refractivity contribution in [3.63, 3.8) is 0 Å². The van der Waals surface area contributed by atoms with E-state index in [1.54, 1.807) is 0 Å². The molecule has 3 N–H and O–H groups in total. The molecule has 3 nitrogen and oxygen atoms in total. The molecule has 1 saturated carbocycles. The van der Waals surface area contributed by atoms with Crippen molar-refractivity contribution < 1.29 is 0 Å². The van der Waals surface area contributed by atoms with Crippen molar-refractivity contribution in [3.8, 4) is 0 Å². The second-order valence-electron chi connectivity index (χ2n) is 4.89. The molecule has 18 heavy (non-hydrogen) atoms. The van der Waals surface area contributed by atoms with Gasteiger partial charge in [-0.3, -0.25) is 0 Å². The van der Waals surface area contributed by atoms with Gasteiger partial charge in [0, 0.05) is 15.3 Å². The van der Waals surface area contributed by atoms with Gasteiger partial charge in [-0.05, 0) is 55.8 Å². The van der Waals surface area contributed by atoms with Crippen LogP contribution in [0.2, 0.25) is 0 Å². The third kappa shape index (κ3) is 2.24. The highest BCUT2D eigenvalue weighted by Gasteiger charge is 2.30. The Morgan fingerprint density at radius 3 is 2.83 bits per heavy atom. The van der Waals surface area contributed by atoms with Gasteiger partial charge in [0.15, 0.2) is 0 Å². The predicted octanol–water partition coefficient (Wildman–Crippen LogP) is 3.89. The summed E-state index contributed by atoms with van der Waals surface area (Å²) in [5.74, 6) is 1.38. The molecule has 0 amide bonds. The van der Waals surface area contributed by atoms with Gasteiger partial charge in [0.2, 0.25) is 0 Å². The maximum Gasteiger partial charge on any atom is 0.142 e. The Morgan fingerprint density at radius 1 is 1.44 bits per heavy atom. The van der Waals surface area contributed by atoms with Gasteiger partial charge in [-0.25, -0.2) is 0 Å². The Morgan fingerprint density at radius 2 is 2.22 bits per heavy atom.